The normalized spacial score (nSPS) is 33.5. The third kappa shape index (κ3) is 2.87. The minimum Gasteiger partial charge on any atom is -0.504 e. The summed E-state index contributed by atoms with van der Waals surface area (Å²) in [7, 11) is 0. The summed E-state index contributed by atoms with van der Waals surface area (Å²) in [5, 5.41) is 19.2. The molecule has 1 aromatic carbocycles. The van der Waals surface area contributed by atoms with E-state index < -0.39 is 11.6 Å². The van der Waals surface area contributed by atoms with E-state index in [1.807, 2.05) is 30.9 Å². The van der Waals surface area contributed by atoms with Crippen LogP contribution in [0.25, 0.3) is 0 Å². The highest BCUT2D eigenvalue weighted by atomic mass is 16.5. The van der Waals surface area contributed by atoms with E-state index in [2.05, 4.69) is 0 Å². The summed E-state index contributed by atoms with van der Waals surface area (Å²) in [5.74, 6) is 0.407. The molecule has 4 rings (SSSR count). The maximum absolute atomic E-state index is 11.0. The second-order valence-electron chi connectivity index (χ2n) is 8.02. The topological polar surface area (TPSA) is 79.2 Å². The lowest BCUT2D eigenvalue weighted by atomic mass is 9.70. The van der Waals surface area contributed by atoms with Gasteiger partial charge in [-0.25, -0.2) is 0 Å². The number of piperidine rings is 1. The molecule has 0 saturated carbocycles. The fourth-order valence-electron chi connectivity index (χ4n) is 4.71. The molecule has 2 saturated heterocycles. The zero-order valence-electron chi connectivity index (χ0n) is 14.6. The van der Waals surface area contributed by atoms with Crippen molar-refractivity contribution in [2.75, 3.05) is 19.6 Å². The highest BCUT2D eigenvalue weighted by molar-refractivity contribution is 5.69. The van der Waals surface area contributed by atoms with Gasteiger partial charge in [-0.05, 0) is 38.7 Å². The van der Waals surface area contributed by atoms with Crippen LogP contribution in [0.15, 0.2) is 18.2 Å². The first-order chi connectivity index (χ1) is 11.8. The van der Waals surface area contributed by atoms with Crippen LogP contribution in [0.4, 0.5) is 0 Å². The average molecular weight is 347 g/mol. The van der Waals surface area contributed by atoms with Crippen molar-refractivity contribution in [2.45, 2.75) is 44.5 Å². The number of ether oxygens (including phenoxy) is 2. The van der Waals surface area contributed by atoms with E-state index in [9.17, 15) is 9.90 Å². The molecular formula is C19H25NO5. The number of benzene rings is 1. The van der Waals surface area contributed by atoms with Crippen LogP contribution in [0.1, 0.15) is 38.4 Å². The summed E-state index contributed by atoms with van der Waals surface area (Å²) in [6.45, 7) is 5.68. The average Bonchev–Trinajstić information content (AvgIpc) is 2.54. The lowest BCUT2D eigenvalue weighted by molar-refractivity contribution is -0.188. The molecule has 0 amide bonds. The van der Waals surface area contributed by atoms with Crippen LogP contribution in [0, 0.1) is 11.8 Å². The summed E-state index contributed by atoms with van der Waals surface area (Å²) in [6.07, 6.45) is 1.83. The monoisotopic (exact) mass is 347 g/mol. The Hall–Kier alpha value is -1.79. The van der Waals surface area contributed by atoms with Gasteiger partial charge in [-0.3, -0.25) is 9.69 Å². The van der Waals surface area contributed by atoms with Gasteiger partial charge in [-0.15, -0.1) is 0 Å². The molecule has 3 aliphatic heterocycles. The second-order valence-corrected chi connectivity index (χ2v) is 8.02. The lowest BCUT2D eigenvalue weighted by Gasteiger charge is -2.53. The zero-order valence-corrected chi connectivity index (χ0v) is 14.6. The number of likely N-dealkylation sites (tertiary alicyclic amines) is 1. The molecule has 6 nitrogen and oxygen atoms in total. The Morgan fingerprint density at radius 3 is 2.96 bits per heavy atom. The first kappa shape index (κ1) is 16.7. The van der Waals surface area contributed by atoms with Crippen LogP contribution < -0.4 is 4.74 Å². The fraction of sp³-hybridized carbons (Fsp3) is 0.632. The number of aliphatic carboxylic acids is 1. The molecule has 0 aliphatic carbocycles. The van der Waals surface area contributed by atoms with Crippen molar-refractivity contribution < 1.29 is 24.5 Å². The largest absolute Gasteiger partial charge is 0.504 e. The minimum atomic E-state index is -0.779. The molecule has 4 atom stereocenters. The van der Waals surface area contributed by atoms with Crippen molar-refractivity contribution in [3.63, 3.8) is 0 Å². The van der Waals surface area contributed by atoms with E-state index >= 15 is 0 Å². The van der Waals surface area contributed by atoms with Crippen molar-refractivity contribution >= 4 is 5.97 Å². The Morgan fingerprint density at radius 2 is 2.20 bits per heavy atom. The summed E-state index contributed by atoms with van der Waals surface area (Å²) >= 11 is 0. The van der Waals surface area contributed by atoms with Crippen LogP contribution in [-0.2, 0) is 9.53 Å². The Kier molecular flexibility index (Phi) is 3.92. The van der Waals surface area contributed by atoms with Gasteiger partial charge in [0.15, 0.2) is 11.5 Å². The minimum absolute atomic E-state index is 0.0851. The van der Waals surface area contributed by atoms with Crippen LogP contribution in [-0.4, -0.2) is 52.4 Å². The van der Waals surface area contributed by atoms with E-state index in [4.69, 9.17) is 14.6 Å². The fourth-order valence-corrected chi connectivity index (χ4v) is 4.71. The zero-order chi connectivity index (χ0) is 17.8. The number of aromatic hydroxyl groups is 1. The summed E-state index contributed by atoms with van der Waals surface area (Å²) in [5.41, 5.74) is 0.479. The molecule has 2 N–H and O–H groups in total. The van der Waals surface area contributed by atoms with Gasteiger partial charge in [0, 0.05) is 24.6 Å². The summed E-state index contributed by atoms with van der Waals surface area (Å²) < 4.78 is 12.7. The molecule has 2 fully saturated rings. The molecule has 0 spiro atoms. The maximum atomic E-state index is 11.0. The maximum Gasteiger partial charge on any atom is 0.317 e. The molecule has 1 aromatic rings. The summed E-state index contributed by atoms with van der Waals surface area (Å²) in [6, 6.07) is 5.45. The number of rotatable bonds is 2. The smallest absolute Gasteiger partial charge is 0.317 e. The van der Waals surface area contributed by atoms with E-state index in [0.29, 0.717) is 11.7 Å². The molecule has 6 heteroatoms. The van der Waals surface area contributed by atoms with Gasteiger partial charge in [0.2, 0.25) is 0 Å². The molecule has 0 aromatic heterocycles. The number of nitrogens with zero attached hydrogens (tertiary/aromatic N) is 1. The van der Waals surface area contributed by atoms with Crippen LogP contribution >= 0.6 is 0 Å². The lowest BCUT2D eigenvalue weighted by Crippen LogP contribution is -2.55. The van der Waals surface area contributed by atoms with E-state index in [0.717, 1.165) is 31.5 Å². The highest BCUT2D eigenvalue weighted by Gasteiger charge is 2.51. The van der Waals surface area contributed by atoms with Crippen molar-refractivity contribution in [2.24, 2.45) is 11.8 Å². The van der Waals surface area contributed by atoms with Crippen LogP contribution in [0.5, 0.6) is 11.5 Å². The quantitative estimate of drug-likeness (QED) is 0.855. The number of hydrogen-bond donors (Lipinski definition) is 2. The number of fused-ring (bicyclic) bond motifs is 4. The molecular weight excluding hydrogens is 322 g/mol. The second kappa shape index (κ2) is 5.88. The summed E-state index contributed by atoms with van der Waals surface area (Å²) in [4.78, 5) is 13.0. The van der Waals surface area contributed by atoms with E-state index in [-0.39, 0.29) is 30.4 Å². The molecule has 0 unspecified atom stereocenters. The molecule has 136 valence electrons. The van der Waals surface area contributed by atoms with Crippen LogP contribution in [0.3, 0.4) is 0 Å². The number of para-hydroxylation sites is 1. The molecule has 0 radical (unpaired) electrons. The standard InChI is InChI=1S/C19H25NO5/c1-19(2)13-8-11-9-20(10-16(22)23)7-6-15(11)24-17(13)12-4-3-5-14(21)18(12)25-19/h3-5,11,13,15,17,21H,6-10H2,1-2H3,(H,22,23)/t11-,13+,15+,17-/m1/s1. The van der Waals surface area contributed by atoms with Gasteiger partial charge < -0.3 is 19.7 Å². The third-order valence-electron chi connectivity index (χ3n) is 5.94. The number of phenolic OH excluding ortho intramolecular Hbond substituents is 1. The Balaban J connectivity index is 1.61. The third-order valence-corrected chi connectivity index (χ3v) is 5.94. The predicted octanol–water partition coefficient (Wildman–Crippen LogP) is 2.42. The van der Waals surface area contributed by atoms with Crippen molar-refractivity contribution in [3.05, 3.63) is 23.8 Å². The van der Waals surface area contributed by atoms with E-state index in [1.54, 1.807) is 6.07 Å². The van der Waals surface area contributed by atoms with Crippen molar-refractivity contribution in [1.29, 1.82) is 0 Å². The van der Waals surface area contributed by atoms with Crippen molar-refractivity contribution in [3.8, 4) is 11.5 Å². The van der Waals surface area contributed by atoms with Gasteiger partial charge in [-0.1, -0.05) is 12.1 Å². The molecule has 0 bridgehead atoms. The molecule has 3 heterocycles. The number of carbonyl (C=O) groups is 1. The Labute approximate surface area is 147 Å². The van der Waals surface area contributed by atoms with E-state index in [1.165, 1.54) is 0 Å². The first-order valence-corrected chi connectivity index (χ1v) is 8.95. The molecule has 3 aliphatic rings. The number of hydrogen-bond acceptors (Lipinski definition) is 5. The number of phenols is 1. The molecule has 25 heavy (non-hydrogen) atoms. The van der Waals surface area contributed by atoms with Gasteiger partial charge >= 0.3 is 5.97 Å². The van der Waals surface area contributed by atoms with Gasteiger partial charge in [0.05, 0.1) is 18.8 Å². The van der Waals surface area contributed by atoms with Gasteiger partial charge in [-0.2, -0.15) is 0 Å². The SMILES string of the molecule is CC1(C)Oc2c(O)cccc2[C@H]2O[C@H]3CCN(CC(=O)O)C[C@H]3C[C@@H]21. The van der Waals surface area contributed by atoms with Crippen LogP contribution in [0.2, 0.25) is 0 Å². The predicted molar refractivity (Wildman–Crippen MR) is 90.7 cm³/mol. The Bertz CT molecular complexity index is 688. The Morgan fingerprint density at radius 1 is 1.40 bits per heavy atom. The number of carboxylic acid groups (broad SMARTS) is 1. The number of carboxylic acids is 1. The van der Waals surface area contributed by atoms with Crippen molar-refractivity contribution in [1.82, 2.24) is 4.90 Å². The first-order valence-electron chi connectivity index (χ1n) is 8.95. The highest BCUT2D eigenvalue weighted by Crippen LogP contribution is 2.54. The van der Waals surface area contributed by atoms with Gasteiger partial charge in [0.1, 0.15) is 5.60 Å². The van der Waals surface area contributed by atoms with Gasteiger partial charge in [0.25, 0.3) is 0 Å².